The van der Waals surface area contributed by atoms with Gasteiger partial charge in [0.25, 0.3) is 0 Å². The van der Waals surface area contributed by atoms with Crippen LogP contribution in [0.25, 0.3) is 0 Å². The fourth-order valence-electron chi connectivity index (χ4n) is 2.84. The molecule has 1 aliphatic heterocycles. The maximum atomic E-state index is 12.3. The molecule has 0 atom stereocenters. The molecule has 1 aromatic carbocycles. The van der Waals surface area contributed by atoms with Crippen molar-refractivity contribution in [1.29, 1.82) is 0 Å². The number of benzene rings is 1. The van der Waals surface area contributed by atoms with E-state index in [1.54, 1.807) is 18.2 Å². The van der Waals surface area contributed by atoms with Crippen LogP contribution in [-0.2, 0) is 16.4 Å². The largest absolute Gasteiger partial charge is 0.493 e. The highest BCUT2D eigenvalue weighted by molar-refractivity contribution is 7.89. The van der Waals surface area contributed by atoms with Gasteiger partial charge in [-0.25, -0.2) is 13.1 Å². The van der Waals surface area contributed by atoms with Gasteiger partial charge in [-0.3, -0.25) is 0 Å². The van der Waals surface area contributed by atoms with Crippen LogP contribution in [0.3, 0.4) is 0 Å². The standard InChI is InChI=1S/C14H19NO3S/c16-19(17,15-12-4-2-1-3-5-12)13-6-7-14-11(10-13)8-9-18-14/h6-7,10,12,15H,1-5,8-9H2. The summed E-state index contributed by atoms with van der Waals surface area (Å²) in [6, 6.07) is 5.24. The van der Waals surface area contributed by atoms with Crippen LogP contribution < -0.4 is 9.46 Å². The Morgan fingerprint density at radius 2 is 1.95 bits per heavy atom. The monoisotopic (exact) mass is 281 g/mol. The minimum Gasteiger partial charge on any atom is -0.493 e. The summed E-state index contributed by atoms with van der Waals surface area (Å²) in [6.45, 7) is 0.648. The van der Waals surface area contributed by atoms with Gasteiger partial charge in [0.15, 0.2) is 0 Å². The van der Waals surface area contributed by atoms with Crippen molar-refractivity contribution in [1.82, 2.24) is 4.72 Å². The third kappa shape index (κ3) is 2.77. The Kier molecular flexibility index (Phi) is 3.50. The second kappa shape index (κ2) is 5.13. The van der Waals surface area contributed by atoms with Crippen molar-refractivity contribution in [2.45, 2.75) is 49.5 Å². The lowest BCUT2D eigenvalue weighted by Gasteiger charge is -2.22. The molecule has 0 unspecified atom stereocenters. The van der Waals surface area contributed by atoms with Crippen LogP contribution >= 0.6 is 0 Å². The van der Waals surface area contributed by atoms with Gasteiger partial charge >= 0.3 is 0 Å². The number of hydrogen-bond donors (Lipinski definition) is 1. The van der Waals surface area contributed by atoms with E-state index in [1.165, 1.54) is 6.42 Å². The molecule has 0 aromatic heterocycles. The molecular formula is C14H19NO3S. The number of rotatable bonds is 3. The molecule has 2 aliphatic rings. The van der Waals surface area contributed by atoms with Crippen molar-refractivity contribution in [2.24, 2.45) is 0 Å². The molecule has 0 bridgehead atoms. The highest BCUT2D eigenvalue weighted by Crippen LogP contribution is 2.28. The second-order valence-corrected chi connectivity index (χ2v) is 7.04. The van der Waals surface area contributed by atoms with Crippen molar-refractivity contribution in [2.75, 3.05) is 6.61 Å². The lowest BCUT2D eigenvalue weighted by molar-refractivity contribution is 0.356. The van der Waals surface area contributed by atoms with Gasteiger partial charge in [0.05, 0.1) is 11.5 Å². The van der Waals surface area contributed by atoms with Gasteiger partial charge in [-0.15, -0.1) is 0 Å². The topological polar surface area (TPSA) is 55.4 Å². The average Bonchev–Trinajstić information content (AvgIpc) is 2.86. The molecule has 1 aliphatic carbocycles. The molecule has 5 heteroatoms. The van der Waals surface area contributed by atoms with Crippen molar-refractivity contribution in [3.05, 3.63) is 23.8 Å². The molecule has 0 spiro atoms. The fraction of sp³-hybridized carbons (Fsp3) is 0.571. The van der Waals surface area contributed by atoms with E-state index >= 15 is 0 Å². The Morgan fingerprint density at radius 3 is 2.74 bits per heavy atom. The highest BCUT2D eigenvalue weighted by Gasteiger charge is 2.23. The van der Waals surface area contributed by atoms with Gasteiger partial charge in [0, 0.05) is 12.5 Å². The number of hydrogen-bond acceptors (Lipinski definition) is 3. The Bertz CT molecular complexity index is 562. The quantitative estimate of drug-likeness (QED) is 0.924. The van der Waals surface area contributed by atoms with Gasteiger partial charge in [0.1, 0.15) is 5.75 Å². The molecule has 3 rings (SSSR count). The zero-order valence-corrected chi connectivity index (χ0v) is 11.7. The maximum Gasteiger partial charge on any atom is 0.240 e. The normalized spacial score (nSPS) is 20.0. The van der Waals surface area contributed by atoms with Crippen LogP contribution in [0, 0.1) is 0 Å². The molecule has 1 N–H and O–H groups in total. The molecule has 1 aromatic rings. The first kappa shape index (κ1) is 12.9. The fourth-order valence-corrected chi connectivity index (χ4v) is 4.19. The first-order valence-corrected chi connectivity index (χ1v) is 8.41. The zero-order valence-electron chi connectivity index (χ0n) is 10.9. The first-order valence-electron chi connectivity index (χ1n) is 6.93. The number of fused-ring (bicyclic) bond motifs is 1. The van der Waals surface area contributed by atoms with Gasteiger partial charge in [-0.05, 0) is 36.6 Å². The van der Waals surface area contributed by atoms with Gasteiger partial charge in [0.2, 0.25) is 10.0 Å². The predicted molar refractivity (Wildman–Crippen MR) is 72.8 cm³/mol. The minimum atomic E-state index is -3.39. The summed E-state index contributed by atoms with van der Waals surface area (Å²) in [6.07, 6.45) is 6.15. The average molecular weight is 281 g/mol. The van der Waals surface area contributed by atoms with Crippen LogP contribution in [0.4, 0.5) is 0 Å². The van der Waals surface area contributed by atoms with Crippen molar-refractivity contribution in [3.8, 4) is 5.75 Å². The van der Waals surface area contributed by atoms with Crippen LogP contribution in [0.1, 0.15) is 37.7 Å². The smallest absolute Gasteiger partial charge is 0.240 e. The predicted octanol–water partition coefficient (Wildman–Crippen LogP) is 2.23. The van der Waals surface area contributed by atoms with E-state index in [0.717, 1.165) is 43.4 Å². The molecule has 0 radical (unpaired) electrons. The number of ether oxygens (including phenoxy) is 1. The summed E-state index contributed by atoms with van der Waals surface area (Å²) >= 11 is 0. The summed E-state index contributed by atoms with van der Waals surface area (Å²) in [7, 11) is -3.39. The van der Waals surface area contributed by atoms with E-state index in [-0.39, 0.29) is 6.04 Å². The molecule has 104 valence electrons. The van der Waals surface area contributed by atoms with Crippen LogP contribution in [0.5, 0.6) is 5.75 Å². The first-order chi connectivity index (χ1) is 9.15. The van der Waals surface area contributed by atoms with E-state index in [1.807, 2.05) is 0 Å². The van der Waals surface area contributed by atoms with E-state index < -0.39 is 10.0 Å². The summed E-state index contributed by atoms with van der Waals surface area (Å²) in [5, 5.41) is 0. The molecule has 19 heavy (non-hydrogen) atoms. The highest BCUT2D eigenvalue weighted by atomic mass is 32.2. The Balaban J connectivity index is 1.79. The zero-order chi connectivity index (χ0) is 13.3. The second-order valence-electron chi connectivity index (χ2n) is 5.32. The van der Waals surface area contributed by atoms with E-state index in [2.05, 4.69) is 4.72 Å². The minimum absolute atomic E-state index is 0.100. The summed E-state index contributed by atoms with van der Waals surface area (Å²) in [5.41, 5.74) is 0.992. The Morgan fingerprint density at radius 1 is 1.16 bits per heavy atom. The van der Waals surface area contributed by atoms with E-state index in [9.17, 15) is 8.42 Å². The lowest BCUT2D eigenvalue weighted by atomic mass is 9.96. The third-order valence-corrected chi connectivity index (χ3v) is 5.42. The number of sulfonamides is 1. The Labute approximate surface area is 114 Å². The molecule has 0 saturated heterocycles. The summed E-state index contributed by atoms with van der Waals surface area (Å²) < 4.78 is 32.9. The van der Waals surface area contributed by atoms with Crippen LogP contribution in [0.2, 0.25) is 0 Å². The van der Waals surface area contributed by atoms with Crippen LogP contribution in [-0.4, -0.2) is 21.1 Å². The number of nitrogens with one attached hydrogen (secondary N) is 1. The molecule has 1 heterocycles. The van der Waals surface area contributed by atoms with Crippen molar-refractivity contribution < 1.29 is 13.2 Å². The van der Waals surface area contributed by atoms with E-state index in [0.29, 0.717) is 11.5 Å². The van der Waals surface area contributed by atoms with Gasteiger partial charge in [-0.2, -0.15) is 0 Å². The molecule has 1 saturated carbocycles. The summed E-state index contributed by atoms with van der Waals surface area (Å²) in [5.74, 6) is 0.816. The van der Waals surface area contributed by atoms with Gasteiger partial charge in [-0.1, -0.05) is 19.3 Å². The molecule has 4 nitrogen and oxygen atoms in total. The molecule has 0 amide bonds. The molecule has 1 fully saturated rings. The third-order valence-electron chi connectivity index (χ3n) is 3.90. The van der Waals surface area contributed by atoms with Gasteiger partial charge < -0.3 is 4.74 Å². The Hall–Kier alpha value is -1.07. The van der Waals surface area contributed by atoms with E-state index in [4.69, 9.17) is 4.74 Å². The van der Waals surface area contributed by atoms with Crippen LogP contribution in [0.15, 0.2) is 23.1 Å². The molecular weight excluding hydrogens is 262 g/mol. The SMILES string of the molecule is O=S(=O)(NC1CCCCC1)c1ccc2c(c1)CCO2. The maximum absolute atomic E-state index is 12.3. The van der Waals surface area contributed by atoms with Crippen molar-refractivity contribution in [3.63, 3.8) is 0 Å². The van der Waals surface area contributed by atoms with Crippen molar-refractivity contribution >= 4 is 10.0 Å². The lowest BCUT2D eigenvalue weighted by Crippen LogP contribution is -2.36. The summed E-state index contributed by atoms with van der Waals surface area (Å²) in [4.78, 5) is 0.363.